The van der Waals surface area contributed by atoms with Gasteiger partial charge in [0, 0.05) is 16.1 Å². The number of benzene rings is 2. The van der Waals surface area contributed by atoms with Crippen LogP contribution < -0.4 is 0 Å². The summed E-state index contributed by atoms with van der Waals surface area (Å²) in [5.41, 5.74) is -0.240. The van der Waals surface area contributed by atoms with Crippen LogP contribution in [0.2, 0.25) is 5.02 Å². The Bertz CT molecular complexity index is 994. The Morgan fingerprint density at radius 3 is 2.57 bits per heavy atom. The fraction of sp³-hybridized carbons (Fsp3) is 0.368. The van der Waals surface area contributed by atoms with Gasteiger partial charge < -0.3 is 4.74 Å². The summed E-state index contributed by atoms with van der Waals surface area (Å²) in [6.45, 7) is 1.73. The van der Waals surface area contributed by atoms with E-state index < -0.39 is 32.4 Å². The van der Waals surface area contributed by atoms with E-state index in [2.05, 4.69) is 15.9 Å². The zero-order valence-electron chi connectivity index (χ0n) is 14.8. The fourth-order valence-electron chi connectivity index (χ4n) is 3.30. The fourth-order valence-corrected chi connectivity index (χ4v) is 6.07. The first-order chi connectivity index (χ1) is 12.9. The number of alkyl halides is 3. The van der Waals surface area contributed by atoms with Gasteiger partial charge in [-0.2, -0.15) is 13.2 Å². The zero-order valence-corrected chi connectivity index (χ0v) is 17.9. The lowest BCUT2D eigenvalue weighted by Gasteiger charge is -2.38. The number of hydrogen-bond donors (Lipinski definition) is 0. The van der Waals surface area contributed by atoms with Crippen molar-refractivity contribution in [3.63, 3.8) is 0 Å². The first-order valence-corrected chi connectivity index (χ1v) is 11.1. The van der Waals surface area contributed by atoms with Gasteiger partial charge in [0.2, 0.25) is 0 Å². The molecule has 1 heterocycles. The number of sulfone groups is 1. The van der Waals surface area contributed by atoms with Gasteiger partial charge >= 0.3 is 6.18 Å². The summed E-state index contributed by atoms with van der Waals surface area (Å²) >= 11 is 9.37. The molecule has 3 nitrogen and oxygen atoms in total. The molecule has 2 atom stereocenters. The van der Waals surface area contributed by atoms with Crippen LogP contribution in [0.1, 0.15) is 37.0 Å². The van der Waals surface area contributed by atoms with Gasteiger partial charge in [-0.1, -0.05) is 39.7 Å². The van der Waals surface area contributed by atoms with E-state index in [0.29, 0.717) is 15.6 Å². The number of hydrogen-bond acceptors (Lipinski definition) is 3. The molecule has 1 saturated heterocycles. The van der Waals surface area contributed by atoms with E-state index in [1.54, 1.807) is 25.1 Å². The summed E-state index contributed by atoms with van der Waals surface area (Å²) < 4.78 is 70.8. The molecular weight excluding hydrogens is 481 g/mol. The van der Waals surface area contributed by atoms with Crippen LogP contribution in [-0.4, -0.2) is 19.8 Å². The maximum Gasteiger partial charge on any atom is 0.416 e. The molecule has 2 aromatic rings. The van der Waals surface area contributed by atoms with Crippen LogP contribution in [0.3, 0.4) is 0 Å². The van der Waals surface area contributed by atoms with Gasteiger partial charge in [-0.05, 0) is 55.7 Å². The number of halogens is 5. The molecule has 0 aliphatic carbocycles. The second-order valence-corrected chi connectivity index (χ2v) is 10.7. The molecule has 0 bridgehead atoms. The van der Waals surface area contributed by atoms with Gasteiger partial charge in [-0.15, -0.1) is 0 Å². The standard InChI is InChI=1S/C19H17BrClF3O3S/c1-18(28(25,26)14-4-2-3-12(9-14)19(22,23)24)7-8-27-17(11-18)15-6-5-13(21)10-16(15)20/h2-6,9-10,17H,7-8,11H2,1H3. The lowest BCUT2D eigenvalue weighted by molar-refractivity contribution is -0.137. The first kappa shape index (κ1) is 21.6. The zero-order chi connectivity index (χ0) is 20.7. The predicted molar refractivity (Wildman–Crippen MR) is 104 cm³/mol. The van der Waals surface area contributed by atoms with Crippen LogP contribution in [0.4, 0.5) is 13.2 Å². The minimum atomic E-state index is -4.61. The number of rotatable bonds is 3. The summed E-state index contributed by atoms with van der Waals surface area (Å²) in [6.07, 6.45) is -4.83. The van der Waals surface area contributed by atoms with E-state index in [1.165, 1.54) is 6.07 Å². The van der Waals surface area contributed by atoms with Crippen molar-refractivity contribution in [1.82, 2.24) is 0 Å². The molecule has 1 fully saturated rings. The van der Waals surface area contributed by atoms with Crippen molar-refractivity contribution < 1.29 is 26.3 Å². The molecule has 1 aliphatic rings. The van der Waals surface area contributed by atoms with Gasteiger partial charge in [0.1, 0.15) is 0 Å². The van der Waals surface area contributed by atoms with Crippen LogP contribution in [0, 0.1) is 0 Å². The van der Waals surface area contributed by atoms with Crippen molar-refractivity contribution in [2.45, 2.75) is 41.7 Å². The molecule has 0 N–H and O–H groups in total. The predicted octanol–water partition coefficient (Wildman–Crippen LogP) is 6.21. The average molecular weight is 498 g/mol. The van der Waals surface area contributed by atoms with Crippen molar-refractivity contribution in [1.29, 1.82) is 0 Å². The van der Waals surface area contributed by atoms with Crippen molar-refractivity contribution in [2.24, 2.45) is 0 Å². The molecule has 0 radical (unpaired) electrons. The van der Waals surface area contributed by atoms with Gasteiger partial charge in [0.15, 0.2) is 9.84 Å². The second kappa shape index (κ2) is 7.63. The molecule has 9 heteroatoms. The molecule has 0 amide bonds. The van der Waals surface area contributed by atoms with Crippen LogP contribution in [0.25, 0.3) is 0 Å². The summed E-state index contributed by atoms with van der Waals surface area (Å²) in [6, 6.07) is 9.00. The van der Waals surface area contributed by atoms with E-state index in [1.807, 2.05) is 0 Å². The Labute approximate surface area is 174 Å². The molecule has 3 rings (SSSR count). The smallest absolute Gasteiger partial charge is 0.373 e. The Hall–Kier alpha value is -1.09. The molecule has 2 aromatic carbocycles. The van der Waals surface area contributed by atoms with Crippen molar-refractivity contribution in [2.75, 3.05) is 6.61 Å². The van der Waals surface area contributed by atoms with E-state index in [9.17, 15) is 21.6 Å². The summed E-state index contributed by atoms with van der Waals surface area (Å²) in [5, 5.41) is 0.519. The molecule has 1 aliphatic heterocycles. The first-order valence-electron chi connectivity index (χ1n) is 8.42. The van der Waals surface area contributed by atoms with Crippen molar-refractivity contribution in [3.8, 4) is 0 Å². The van der Waals surface area contributed by atoms with E-state index in [0.717, 1.165) is 17.7 Å². The van der Waals surface area contributed by atoms with Gasteiger partial charge in [-0.3, -0.25) is 0 Å². The third-order valence-electron chi connectivity index (χ3n) is 5.00. The average Bonchev–Trinajstić information content (AvgIpc) is 2.61. The summed E-state index contributed by atoms with van der Waals surface area (Å²) in [7, 11) is -4.03. The Balaban J connectivity index is 1.97. The largest absolute Gasteiger partial charge is 0.416 e. The molecule has 28 heavy (non-hydrogen) atoms. The van der Waals surface area contributed by atoms with E-state index in [-0.39, 0.29) is 24.3 Å². The Morgan fingerprint density at radius 1 is 1.21 bits per heavy atom. The lowest BCUT2D eigenvalue weighted by atomic mass is 9.92. The maximum atomic E-state index is 13.2. The highest BCUT2D eigenvalue weighted by atomic mass is 79.9. The minimum Gasteiger partial charge on any atom is -0.373 e. The van der Waals surface area contributed by atoms with Crippen LogP contribution in [-0.2, 0) is 20.8 Å². The Morgan fingerprint density at radius 2 is 1.93 bits per heavy atom. The molecule has 0 spiro atoms. The van der Waals surface area contributed by atoms with E-state index >= 15 is 0 Å². The highest BCUT2D eigenvalue weighted by Gasteiger charge is 2.46. The maximum absolute atomic E-state index is 13.2. The number of ether oxygens (including phenoxy) is 1. The summed E-state index contributed by atoms with van der Waals surface area (Å²) in [5.74, 6) is 0. The molecular formula is C19H17BrClF3O3S. The lowest BCUT2D eigenvalue weighted by Crippen LogP contribution is -2.42. The van der Waals surface area contributed by atoms with Crippen LogP contribution >= 0.6 is 27.5 Å². The third kappa shape index (κ3) is 4.10. The highest BCUT2D eigenvalue weighted by Crippen LogP contribution is 2.44. The van der Waals surface area contributed by atoms with Crippen molar-refractivity contribution >= 4 is 37.4 Å². The summed E-state index contributed by atoms with van der Waals surface area (Å²) in [4.78, 5) is -0.333. The SMILES string of the molecule is CC1(S(=O)(=O)c2cccc(C(F)(F)F)c2)CCOC(c2ccc(Cl)cc2Br)C1. The second-order valence-electron chi connectivity index (χ2n) is 6.96. The van der Waals surface area contributed by atoms with Crippen LogP contribution in [0.5, 0.6) is 0 Å². The van der Waals surface area contributed by atoms with Crippen molar-refractivity contribution in [3.05, 3.63) is 63.1 Å². The topological polar surface area (TPSA) is 43.4 Å². The normalized spacial score (nSPS) is 23.6. The van der Waals surface area contributed by atoms with Crippen LogP contribution in [0.15, 0.2) is 51.8 Å². The van der Waals surface area contributed by atoms with Gasteiger partial charge in [0.05, 0.1) is 21.3 Å². The minimum absolute atomic E-state index is 0.117. The molecule has 152 valence electrons. The monoisotopic (exact) mass is 496 g/mol. The Kier molecular flexibility index (Phi) is 5.89. The quantitative estimate of drug-likeness (QED) is 0.507. The van der Waals surface area contributed by atoms with E-state index in [4.69, 9.17) is 16.3 Å². The molecule has 2 unspecified atom stereocenters. The third-order valence-corrected chi connectivity index (χ3v) is 8.46. The van der Waals surface area contributed by atoms with Gasteiger partial charge in [0.25, 0.3) is 0 Å². The highest BCUT2D eigenvalue weighted by molar-refractivity contribution is 9.10. The molecule has 0 aromatic heterocycles. The van der Waals surface area contributed by atoms with Gasteiger partial charge in [-0.25, -0.2) is 8.42 Å². The molecule has 0 saturated carbocycles.